The second kappa shape index (κ2) is 8.07. The summed E-state index contributed by atoms with van der Waals surface area (Å²) >= 11 is 0. The van der Waals surface area contributed by atoms with Crippen molar-refractivity contribution in [1.82, 2.24) is 9.97 Å². The van der Waals surface area contributed by atoms with E-state index in [9.17, 15) is 4.79 Å². The normalized spacial score (nSPS) is 10.6. The molecule has 1 aromatic heterocycles. The molecule has 0 saturated heterocycles. The lowest BCUT2D eigenvalue weighted by atomic mass is 10.1. The van der Waals surface area contributed by atoms with E-state index in [-0.39, 0.29) is 11.9 Å². The van der Waals surface area contributed by atoms with Crippen molar-refractivity contribution < 1.29 is 4.79 Å². The highest BCUT2D eigenvalue weighted by Gasteiger charge is 2.13. The molecule has 0 spiro atoms. The Hall–Kier alpha value is -3.79. The van der Waals surface area contributed by atoms with Gasteiger partial charge in [-0.1, -0.05) is 78.4 Å². The van der Waals surface area contributed by atoms with E-state index in [0.717, 1.165) is 28.1 Å². The minimum atomic E-state index is -0.219. The SMILES string of the molecule is Cc1ccc(-c2cc(-c3ccccc3)nc(NC(=O)c3ccccc3C)n2)cc1. The highest BCUT2D eigenvalue weighted by atomic mass is 16.1. The predicted octanol–water partition coefficient (Wildman–Crippen LogP) is 5.68. The molecule has 1 heterocycles. The molecule has 0 radical (unpaired) electrons. The molecule has 0 bridgehead atoms. The van der Waals surface area contributed by atoms with Crippen molar-refractivity contribution in [3.8, 4) is 22.5 Å². The zero-order chi connectivity index (χ0) is 20.2. The Morgan fingerprint density at radius 3 is 1.97 bits per heavy atom. The van der Waals surface area contributed by atoms with Gasteiger partial charge in [-0.05, 0) is 31.5 Å². The molecule has 0 fully saturated rings. The monoisotopic (exact) mass is 379 g/mol. The largest absolute Gasteiger partial charge is 0.290 e. The van der Waals surface area contributed by atoms with Crippen LogP contribution < -0.4 is 5.32 Å². The maximum atomic E-state index is 12.8. The van der Waals surface area contributed by atoms with Crippen LogP contribution in [0, 0.1) is 13.8 Å². The third-order valence-electron chi connectivity index (χ3n) is 4.76. The fourth-order valence-corrected chi connectivity index (χ4v) is 3.13. The number of carbonyl (C=O) groups excluding carboxylic acids is 1. The van der Waals surface area contributed by atoms with Gasteiger partial charge in [0.1, 0.15) is 0 Å². The lowest BCUT2D eigenvalue weighted by Gasteiger charge is -2.11. The van der Waals surface area contributed by atoms with Crippen molar-refractivity contribution in [2.45, 2.75) is 13.8 Å². The standard InChI is InChI=1S/C25H21N3O/c1-17-12-14-20(15-13-17)23-16-22(19-9-4-3-5-10-19)26-25(27-23)28-24(29)21-11-7-6-8-18(21)2/h3-16H,1-2H3,(H,26,27,28,29). The Labute approximate surface area is 170 Å². The van der Waals surface area contributed by atoms with Crippen LogP contribution in [-0.2, 0) is 0 Å². The molecule has 3 aromatic carbocycles. The second-order valence-electron chi connectivity index (χ2n) is 6.96. The van der Waals surface area contributed by atoms with Crippen LogP contribution in [0.4, 0.5) is 5.95 Å². The topological polar surface area (TPSA) is 54.9 Å². The molecule has 1 amide bonds. The van der Waals surface area contributed by atoms with E-state index in [0.29, 0.717) is 5.56 Å². The Morgan fingerprint density at radius 2 is 1.31 bits per heavy atom. The summed E-state index contributed by atoms with van der Waals surface area (Å²) in [6, 6.07) is 27.5. The van der Waals surface area contributed by atoms with Crippen LogP contribution in [0.25, 0.3) is 22.5 Å². The van der Waals surface area contributed by atoms with Crippen molar-refractivity contribution in [1.29, 1.82) is 0 Å². The predicted molar refractivity (Wildman–Crippen MR) is 117 cm³/mol. The van der Waals surface area contributed by atoms with Gasteiger partial charge in [-0.3, -0.25) is 10.1 Å². The van der Waals surface area contributed by atoms with Gasteiger partial charge in [0.05, 0.1) is 11.4 Å². The average Bonchev–Trinajstić information content (AvgIpc) is 2.75. The fourth-order valence-electron chi connectivity index (χ4n) is 3.13. The molecule has 4 rings (SSSR count). The number of rotatable bonds is 4. The van der Waals surface area contributed by atoms with Crippen LogP contribution in [0.2, 0.25) is 0 Å². The number of hydrogen-bond acceptors (Lipinski definition) is 3. The number of anilines is 1. The quantitative estimate of drug-likeness (QED) is 0.496. The van der Waals surface area contributed by atoms with Crippen molar-refractivity contribution >= 4 is 11.9 Å². The van der Waals surface area contributed by atoms with Gasteiger partial charge in [0.15, 0.2) is 0 Å². The van der Waals surface area contributed by atoms with Gasteiger partial charge < -0.3 is 0 Å². The Morgan fingerprint density at radius 1 is 0.724 bits per heavy atom. The van der Waals surface area contributed by atoms with E-state index in [4.69, 9.17) is 0 Å². The summed E-state index contributed by atoms with van der Waals surface area (Å²) in [6.45, 7) is 3.96. The summed E-state index contributed by atoms with van der Waals surface area (Å²) in [6.07, 6.45) is 0. The molecule has 1 N–H and O–H groups in total. The first-order valence-corrected chi connectivity index (χ1v) is 9.49. The summed E-state index contributed by atoms with van der Waals surface area (Å²) in [7, 11) is 0. The van der Waals surface area contributed by atoms with Gasteiger partial charge in [0.25, 0.3) is 5.91 Å². The summed E-state index contributed by atoms with van der Waals surface area (Å²) in [5.74, 6) is 0.0679. The first-order valence-electron chi connectivity index (χ1n) is 9.49. The average molecular weight is 379 g/mol. The van der Waals surface area contributed by atoms with Crippen molar-refractivity contribution in [2.75, 3.05) is 5.32 Å². The van der Waals surface area contributed by atoms with Crippen LogP contribution >= 0.6 is 0 Å². The molecule has 0 aliphatic carbocycles. The van der Waals surface area contributed by atoms with Gasteiger partial charge in [-0.25, -0.2) is 9.97 Å². The Balaban J connectivity index is 1.76. The molecule has 4 heteroatoms. The lowest BCUT2D eigenvalue weighted by molar-refractivity contribution is 0.102. The first kappa shape index (κ1) is 18.6. The minimum Gasteiger partial charge on any atom is -0.290 e. The van der Waals surface area contributed by atoms with E-state index < -0.39 is 0 Å². The van der Waals surface area contributed by atoms with E-state index in [1.807, 2.05) is 92.7 Å². The number of hydrogen-bond donors (Lipinski definition) is 1. The van der Waals surface area contributed by atoms with Crippen LogP contribution in [0.15, 0.2) is 84.9 Å². The number of carbonyl (C=O) groups is 1. The van der Waals surface area contributed by atoms with Gasteiger partial charge in [0, 0.05) is 16.7 Å². The van der Waals surface area contributed by atoms with Crippen LogP contribution in [0.1, 0.15) is 21.5 Å². The Bertz CT molecular complexity index is 1150. The first-order chi connectivity index (χ1) is 14.1. The van der Waals surface area contributed by atoms with E-state index >= 15 is 0 Å². The smallest absolute Gasteiger partial charge is 0.258 e. The van der Waals surface area contributed by atoms with Gasteiger partial charge in [-0.15, -0.1) is 0 Å². The second-order valence-corrected chi connectivity index (χ2v) is 6.96. The highest BCUT2D eigenvalue weighted by Crippen LogP contribution is 2.25. The molecule has 142 valence electrons. The summed E-state index contributed by atoms with van der Waals surface area (Å²) in [5, 5.41) is 2.87. The molecule has 0 aliphatic heterocycles. The molecule has 0 unspecified atom stereocenters. The van der Waals surface area contributed by atoms with Gasteiger partial charge in [0.2, 0.25) is 5.95 Å². The molecular formula is C25H21N3O. The van der Waals surface area contributed by atoms with Crippen molar-refractivity contribution in [3.05, 3.63) is 102 Å². The molecule has 29 heavy (non-hydrogen) atoms. The molecular weight excluding hydrogens is 358 g/mol. The fraction of sp³-hybridized carbons (Fsp3) is 0.0800. The van der Waals surface area contributed by atoms with Crippen molar-refractivity contribution in [2.24, 2.45) is 0 Å². The number of aryl methyl sites for hydroxylation is 2. The zero-order valence-electron chi connectivity index (χ0n) is 16.4. The van der Waals surface area contributed by atoms with Crippen LogP contribution in [0.5, 0.6) is 0 Å². The number of nitrogens with one attached hydrogen (secondary N) is 1. The van der Waals surface area contributed by atoms with Gasteiger partial charge >= 0.3 is 0 Å². The maximum absolute atomic E-state index is 12.8. The summed E-state index contributed by atoms with van der Waals surface area (Å²) in [4.78, 5) is 22.0. The van der Waals surface area contributed by atoms with Gasteiger partial charge in [-0.2, -0.15) is 0 Å². The number of amides is 1. The van der Waals surface area contributed by atoms with E-state index in [2.05, 4.69) is 15.3 Å². The molecule has 4 nitrogen and oxygen atoms in total. The third kappa shape index (κ3) is 4.22. The third-order valence-corrected chi connectivity index (χ3v) is 4.76. The molecule has 4 aromatic rings. The highest BCUT2D eigenvalue weighted by molar-refractivity contribution is 6.04. The van der Waals surface area contributed by atoms with Crippen LogP contribution in [0.3, 0.4) is 0 Å². The number of nitrogens with zero attached hydrogens (tertiary/aromatic N) is 2. The van der Waals surface area contributed by atoms with E-state index in [1.54, 1.807) is 6.07 Å². The minimum absolute atomic E-state index is 0.219. The van der Waals surface area contributed by atoms with Crippen molar-refractivity contribution in [3.63, 3.8) is 0 Å². The summed E-state index contributed by atoms with van der Waals surface area (Å²) < 4.78 is 0. The number of benzene rings is 3. The number of aromatic nitrogens is 2. The van der Waals surface area contributed by atoms with Crippen LogP contribution in [-0.4, -0.2) is 15.9 Å². The zero-order valence-corrected chi connectivity index (χ0v) is 16.4. The Kier molecular flexibility index (Phi) is 5.16. The lowest BCUT2D eigenvalue weighted by Crippen LogP contribution is -2.16. The molecule has 0 aliphatic rings. The maximum Gasteiger partial charge on any atom is 0.258 e. The van der Waals surface area contributed by atoms with E-state index in [1.165, 1.54) is 5.56 Å². The summed E-state index contributed by atoms with van der Waals surface area (Å²) in [5.41, 5.74) is 6.16. The molecule has 0 atom stereocenters. The molecule has 0 saturated carbocycles.